The SMILES string of the molecule is C=C(C)c1cnsc1-c1cc(OC)c(OC)c(OC)c1. The molecular weight excluding hydrogens is 274 g/mol. The van der Waals surface area contributed by atoms with Crippen LogP contribution in [0.3, 0.4) is 0 Å². The molecule has 2 aromatic rings. The Balaban J connectivity index is 2.63. The van der Waals surface area contributed by atoms with Crippen LogP contribution in [0.1, 0.15) is 12.5 Å². The van der Waals surface area contributed by atoms with Crippen LogP contribution in [0, 0.1) is 0 Å². The van der Waals surface area contributed by atoms with Crippen molar-refractivity contribution in [3.8, 4) is 27.7 Å². The van der Waals surface area contributed by atoms with Crippen molar-refractivity contribution in [2.45, 2.75) is 6.92 Å². The number of hydrogen-bond donors (Lipinski definition) is 0. The quantitative estimate of drug-likeness (QED) is 0.838. The molecule has 0 unspecified atom stereocenters. The van der Waals surface area contributed by atoms with Gasteiger partial charge in [0.1, 0.15) is 0 Å². The third-order valence-corrected chi connectivity index (χ3v) is 3.81. The standard InChI is InChI=1S/C15H17NO3S/c1-9(2)11-8-16-20-15(11)10-6-12(17-3)14(19-5)13(7-10)18-4/h6-8H,1H2,2-5H3. The van der Waals surface area contributed by atoms with Crippen molar-refractivity contribution >= 4 is 17.1 Å². The molecule has 106 valence electrons. The van der Waals surface area contributed by atoms with E-state index in [-0.39, 0.29) is 0 Å². The third-order valence-electron chi connectivity index (χ3n) is 2.96. The number of aromatic nitrogens is 1. The Bertz CT molecular complexity index is 609. The highest BCUT2D eigenvalue weighted by atomic mass is 32.1. The van der Waals surface area contributed by atoms with E-state index in [1.54, 1.807) is 21.3 Å². The number of ether oxygens (including phenoxy) is 3. The summed E-state index contributed by atoms with van der Waals surface area (Å²) in [6.45, 7) is 5.95. The van der Waals surface area contributed by atoms with Gasteiger partial charge in [-0.05, 0) is 36.2 Å². The number of hydrogen-bond acceptors (Lipinski definition) is 5. The van der Waals surface area contributed by atoms with E-state index in [1.165, 1.54) is 11.5 Å². The maximum atomic E-state index is 5.37. The molecule has 0 radical (unpaired) electrons. The summed E-state index contributed by atoms with van der Waals surface area (Å²) in [6, 6.07) is 3.84. The van der Waals surface area contributed by atoms with Crippen molar-refractivity contribution < 1.29 is 14.2 Å². The van der Waals surface area contributed by atoms with E-state index >= 15 is 0 Å². The van der Waals surface area contributed by atoms with Crippen molar-refractivity contribution in [2.75, 3.05) is 21.3 Å². The molecule has 20 heavy (non-hydrogen) atoms. The number of rotatable bonds is 5. The van der Waals surface area contributed by atoms with E-state index in [0.717, 1.165) is 21.6 Å². The van der Waals surface area contributed by atoms with Gasteiger partial charge in [-0.3, -0.25) is 0 Å². The van der Waals surface area contributed by atoms with Crippen molar-refractivity contribution in [3.05, 3.63) is 30.5 Å². The molecule has 0 bridgehead atoms. The highest BCUT2D eigenvalue weighted by Gasteiger charge is 2.17. The Morgan fingerprint density at radius 1 is 1.10 bits per heavy atom. The lowest BCUT2D eigenvalue weighted by Gasteiger charge is -2.14. The predicted octanol–water partition coefficient (Wildman–Crippen LogP) is 3.87. The lowest BCUT2D eigenvalue weighted by atomic mass is 10.1. The summed E-state index contributed by atoms with van der Waals surface area (Å²) in [4.78, 5) is 1.04. The van der Waals surface area contributed by atoms with Crippen molar-refractivity contribution in [2.24, 2.45) is 0 Å². The van der Waals surface area contributed by atoms with E-state index in [2.05, 4.69) is 11.0 Å². The molecule has 2 rings (SSSR count). The molecule has 0 aliphatic heterocycles. The minimum absolute atomic E-state index is 0.583. The number of allylic oxidation sites excluding steroid dienone is 1. The Labute approximate surface area is 122 Å². The minimum atomic E-state index is 0.583. The van der Waals surface area contributed by atoms with Crippen LogP contribution in [-0.4, -0.2) is 25.7 Å². The maximum absolute atomic E-state index is 5.37. The van der Waals surface area contributed by atoms with Crippen LogP contribution in [0.25, 0.3) is 16.0 Å². The van der Waals surface area contributed by atoms with Crippen LogP contribution in [0.4, 0.5) is 0 Å². The second-order valence-corrected chi connectivity index (χ2v) is 5.06. The van der Waals surface area contributed by atoms with Crippen LogP contribution in [0.2, 0.25) is 0 Å². The van der Waals surface area contributed by atoms with Crippen LogP contribution in [0.5, 0.6) is 17.2 Å². The first kappa shape index (κ1) is 14.4. The van der Waals surface area contributed by atoms with Gasteiger partial charge in [0, 0.05) is 17.3 Å². The van der Waals surface area contributed by atoms with Crippen LogP contribution in [0.15, 0.2) is 24.9 Å². The minimum Gasteiger partial charge on any atom is -0.493 e. The van der Waals surface area contributed by atoms with Crippen LogP contribution < -0.4 is 14.2 Å². The zero-order valence-corrected chi connectivity index (χ0v) is 12.8. The fourth-order valence-electron chi connectivity index (χ4n) is 1.96. The van der Waals surface area contributed by atoms with Crippen molar-refractivity contribution in [1.82, 2.24) is 4.37 Å². The van der Waals surface area contributed by atoms with Gasteiger partial charge in [0.2, 0.25) is 5.75 Å². The second kappa shape index (κ2) is 5.96. The van der Waals surface area contributed by atoms with Crippen LogP contribution in [-0.2, 0) is 0 Å². The Morgan fingerprint density at radius 2 is 1.70 bits per heavy atom. The van der Waals surface area contributed by atoms with E-state index < -0.39 is 0 Å². The molecule has 5 heteroatoms. The summed E-state index contributed by atoms with van der Waals surface area (Å²) in [5, 5.41) is 0. The summed E-state index contributed by atoms with van der Waals surface area (Å²) < 4.78 is 20.3. The molecule has 0 saturated carbocycles. The highest BCUT2D eigenvalue weighted by molar-refractivity contribution is 7.09. The molecule has 0 spiro atoms. The van der Waals surface area contributed by atoms with Crippen molar-refractivity contribution in [1.29, 1.82) is 0 Å². The molecule has 0 aliphatic carbocycles. The molecule has 1 aromatic heterocycles. The number of methoxy groups -OCH3 is 3. The average Bonchev–Trinajstić information content (AvgIpc) is 2.95. The van der Waals surface area contributed by atoms with Gasteiger partial charge in [-0.15, -0.1) is 0 Å². The van der Waals surface area contributed by atoms with E-state index in [1.807, 2.05) is 25.3 Å². The lowest BCUT2D eigenvalue weighted by molar-refractivity contribution is 0.324. The highest BCUT2D eigenvalue weighted by Crippen LogP contribution is 2.43. The summed E-state index contributed by atoms with van der Waals surface area (Å²) in [7, 11) is 4.80. The fraction of sp³-hybridized carbons (Fsp3) is 0.267. The fourth-order valence-corrected chi connectivity index (χ4v) is 2.78. The van der Waals surface area contributed by atoms with Crippen LogP contribution >= 0.6 is 11.5 Å². The van der Waals surface area contributed by atoms with E-state index in [9.17, 15) is 0 Å². The number of nitrogens with zero attached hydrogens (tertiary/aromatic N) is 1. The largest absolute Gasteiger partial charge is 0.493 e. The van der Waals surface area contributed by atoms with Gasteiger partial charge in [-0.2, -0.15) is 4.37 Å². The third kappa shape index (κ3) is 2.49. The van der Waals surface area contributed by atoms with Gasteiger partial charge in [0.05, 0.1) is 26.2 Å². The van der Waals surface area contributed by atoms with Gasteiger partial charge in [0.25, 0.3) is 0 Å². The lowest BCUT2D eigenvalue weighted by Crippen LogP contribution is -1.95. The summed E-state index contributed by atoms with van der Waals surface area (Å²) in [5.41, 5.74) is 2.98. The maximum Gasteiger partial charge on any atom is 0.203 e. The van der Waals surface area contributed by atoms with E-state index in [0.29, 0.717) is 17.2 Å². The van der Waals surface area contributed by atoms with Gasteiger partial charge in [-0.25, -0.2) is 0 Å². The molecule has 0 atom stereocenters. The van der Waals surface area contributed by atoms with Crippen molar-refractivity contribution in [3.63, 3.8) is 0 Å². The van der Waals surface area contributed by atoms with Gasteiger partial charge in [0.15, 0.2) is 11.5 Å². The molecule has 0 saturated heterocycles. The topological polar surface area (TPSA) is 40.6 Å². The molecule has 0 amide bonds. The Hall–Kier alpha value is -2.01. The second-order valence-electron chi connectivity index (χ2n) is 4.26. The molecule has 4 nitrogen and oxygen atoms in total. The average molecular weight is 291 g/mol. The summed E-state index contributed by atoms with van der Waals surface area (Å²) in [6.07, 6.45) is 1.82. The molecule has 1 aromatic carbocycles. The first-order chi connectivity index (χ1) is 9.62. The summed E-state index contributed by atoms with van der Waals surface area (Å²) in [5.74, 6) is 1.84. The molecule has 0 fully saturated rings. The zero-order valence-electron chi connectivity index (χ0n) is 12.0. The van der Waals surface area contributed by atoms with Gasteiger partial charge in [-0.1, -0.05) is 6.58 Å². The Kier molecular flexibility index (Phi) is 4.29. The normalized spacial score (nSPS) is 10.2. The molecule has 1 heterocycles. The first-order valence-corrected chi connectivity index (χ1v) is 6.80. The Morgan fingerprint density at radius 3 is 2.15 bits per heavy atom. The molecule has 0 aliphatic rings. The molecular formula is C15H17NO3S. The summed E-state index contributed by atoms with van der Waals surface area (Å²) >= 11 is 1.42. The zero-order chi connectivity index (χ0) is 14.7. The smallest absolute Gasteiger partial charge is 0.203 e. The first-order valence-electron chi connectivity index (χ1n) is 6.03. The monoisotopic (exact) mass is 291 g/mol. The van der Waals surface area contributed by atoms with E-state index in [4.69, 9.17) is 14.2 Å². The predicted molar refractivity (Wildman–Crippen MR) is 81.9 cm³/mol. The van der Waals surface area contributed by atoms with Gasteiger partial charge < -0.3 is 14.2 Å². The number of benzene rings is 1. The van der Waals surface area contributed by atoms with Gasteiger partial charge >= 0.3 is 0 Å². The molecule has 0 N–H and O–H groups in total.